The number of thiazole rings is 1. The van der Waals surface area contributed by atoms with E-state index in [0.29, 0.717) is 11.4 Å². The van der Waals surface area contributed by atoms with Crippen LogP contribution in [0, 0.1) is 11.3 Å². The van der Waals surface area contributed by atoms with E-state index in [2.05, 4.69) is 4.98 Å². The SMILES string of the molecule is COc1cccc(-c2nc(COC(=O)/C=C/c3ccc(OCC#N)cc3)cs2)c1. The Hall–Kier alpha value is -3.63. The number of benzene rings is 2. The molecule has 0 saturated heterocycles. The Morgan fingerprint density at radius 1 is 1.21 bits per heavy atom. The molecule has 1 aromatic heterocycles. The van der Waals surface area contributed by atoms with E-state index in [4.69, 9.17) is 19.5 Å². The lowest BCUT2D eigenvalue weighted by Crippen LogP contribution is -2.01. The lowest BCUT2D eigenvalue weighted by atomic mass is 10.2. The van der Waals surface area contributed by atoms with E-state index >= 15 is 0 Å². The standard InChI is InChI=1S/C22H18N2O4S/c1-26-20-4-2-3-17(13-20)22-24-18(15-29-22)14-28-21(25)10-7-16-5-8-19(9-6-16)27-12-11-23/h2-10,13,15H,12,14H2,1H3/b10-7+. The normalized spacial score (nSPS) is 10.5. The lowest BCUT2D eigenvalue weighted by Gasteiger charge is -2.02. The highest BCUT2D eigenvalue weighted by Gasteiger charge is 2.07. The molecular formula is C22H18N2O4S. The second kappa shape index (κ2) is 10.1. The summed E-state index contributed by atoms with van der Waals surface area (Å²) in [7, 11) is 1.62. The molecule has 6 nitrogen and oxygen atoms in total. The van der Waals surface area contributed by atoms with Gasteiger partial charge in [0.1, 0.15) is 29.2 Å². The fourth-order valence-electron chi connectivity index (χ4n) is 2.41. The van der Waals surface area contributed by atoms with Crippen molar-refractivity contribution in [3.8, 4) is 28.1 Å². The molecule has 29 heavy (non-hydrogen) atoms. The number of nitrogens with zero attached hydrogens (tertiary/aromatic N) is 2. The second-order valence-corrected chi connectivity index (χ2v) is 6.69. The quantitative estimate of drug-likeness (QED) is 0.405. The fourth-order valence-corrected chi connectivity index (χ4v) is 3.21. The van der Waals surface area contributed by atoms with Crippen LogP contribution in [0.15, 0.2) is 60.0 Å². The molecule has 0 aliphatic carbocycles. The van der Waals surface area contributed by atoms with Crippen LogP contribution in [-0.4, -0.2) is 24.7 Å². The fraction of sp³-hybridized carbons (Fsp3) is 0.136. The Labute approximate surface area is 172 Å². The van der Waals surface area contributed by atoms with Gasteiger partial charge in [0.25, 0.3) is 0 Å². The molecule has 0 fully saturated rings. The summed E-state index contributed by atoms with van der Waals surface area (Å²) in [6.45, 7) is 0.0994. The van der Waals surface area contributed by atoms with Gasteiger partial charge >= 0.3 is 5.97 Å². The highest BCUT2D eigenvalue weighted by molar-refractivity contribution is 7.13. The van der Waals surface area contributed by atoms with Crippen molar-refractivity contribution in [1.82, 2.24) is 4.98 Å². The Morgan fingerprint density at radius 2 is 2.03 bits per heavy atom. The largest absolute Gasteiger partial charge is 0.497 e. The van der Waals surface area contributed by atoms with Crippen LogP contribution in [0.5, 0.6) is 11.5 Å². The number of rotatable bonds is 8. The molecule has 0 unspecified atom stereocenters. The van der Waals surface area contributed by atoms with Crippen LogP contribution in [0.4, 0.5) is 0 Å². The van der Waals surface area contributed by atoms with Crippen LogP contribution in [0.2, 0.25) is 0 Å². The maximum Gasteiger partial charge on any atom is 0.331 e. The Morgan fingerprint density at radius 3 is 2.79 bits per heavy atom. The third kappa shape index (κ3) is 5.92. The topological polar surface area (TPSA) is 81.4 Å². The molecule has 0 radical (unpaired) electrons. The summed E-state index contributed by atoms with van der Waals surface area (Å²) in [5.74, 6) is 0.910. The van der Waals surface area contributed by atoms with Gasteiger partial charge in [-0.15, -0.1) is 11.3 Å². The third-order valence-electron chi connectivity index (χ3n) is 3.83. The molecule has 146 valence electrons. The molecule has 0 aliphatic rings. The Kier molecular flexibility index (Phi) is 6.98. The van der Waals surface area contributed by atoms with Crippen molar-refractivity contribution >= 4 is 23.4 Å². The monoisotopic (exact) mass is 406 g/mol. The van der Waals surface area contributed by atoms with E-state index in [1.54, 1.807) is 37.5 Å². The van der Waals surface area contributed by atoms with Gasteiger partial charge in [0, 0.05) is 17.0 Å². The van der Waals surface area contributed by atoms with Gasteiger partial charge in [-0.2, -0.15) is 5.26 Å². The van der Waals surface area contributed by atoms with Gasteiger partial charge in [-0.1, -0.05) is 24.3 Å². The summed E-state index contributed by atoms with van der Waals surface area (Å²) in [5, 5.41) is 11.2. The number of carbonyl (C=O) groups is 1. The van der Waals surface area contributed by atoms with Gasteiger partial charge < -0.3 is 14.2 Å². The number of hydrogen-bond donors (Lipinski definition) is 0. The molecule has 7 heteroatoms. The zero-order valence-electron chi connectivity index (χ0n) is 15.7. The van der Waals surface area contributed by atoms with Crippen LogP contribution in [0.3, 0.4) is 0 Å². The summed E-state index contributed by atoms with van der Waals surface area (Å²) in [6.07, 6.45) is 3.01. The Balaban J connectivity index is 1.52. The minimum Gasteiger partial charge on any atom is -0.497 e. The maximum absolute atomic E-state index is 11.9. The first-order valence-corrected chi connectivity index (χ1v) is 9.59. The van der Waals surface area contributed by atoms with Gasteiger partial charge in [0.2, 0.25) is 0 Å². The smallest absolute Gasteiger partial charge is 0.331 e. The first-order valence-electron chi connectivity index (χ1n) is 8.71. The Bertz CT molecular complexity index is 1040. The number of nitriles is 1. The van der Waals surface area contributed by atoms with Crippen molar-refractivity contribution in [1.29, 1.82) is 5.26 Å². The van der Waals surface area contributed by atoms with Crippen molar-refractivity contribution in [2.75, 3.05) is 13.7 Å². The number of methoxy groups -OCH3 is 1. The van der Waals surface area contributed by atoms with Crippen molar-refractivity contribution in [3.05, 3.63) is 71.2 Å². The lowest BCUT2D eigenvalue weighted by molar-refractivity contribution is -0.139. The van der Waals surface area contributed by atoms with Gasteiger partial charge in [-0.05, 0) is 35.9 Å². The highest BCUT2D eigenvalue weighted by atomic mass is 32.1. The van der Waals surface area contributed by atoms with Crippen molar-refractivity contribution < 1.29 is 19.0 Å². The summed E-state index contributed by atoms with van der Waals surface area (Å²) in [6, 6.07) is 16.6. The van der Waals surface area contributed by atoms with Gasteiger partial charge in [-0.3, -0.25) is 0 Å². The molecule has 1 heterocycles. The average Bonchev–Trinajstić information content (AvgIpc) is 3.25. The van der Waals surface area contributed by atoms with E-state index in [0.717, 1.165) is 21.9 Å². The number of carbonyl (C=O) groups excluding carboxylic acids is 1. The zero-order valence-corrected chi connectivity index (χ0v) is 16.5. The van der Waals surface area contributed by atoms with Gasteiger partial charge in [0.15, 0.2) is 6.61 Å². The van der Waals surface area contributed by atoms with Crippen LogP contribution in [-0.2, 0) is 16.1 Å². The van der Waals surface area contributed by atoms with Crippen molar-refractivity contribution in [3.63, 3.8) is 0 Å². The van der Waals surface area contributed by atoms with Gasteiger partial charge in [0.05, 0.1) is 12.8 Å². The maximum atomic E-state index is 11.9. The molecule has 0 atom stereocenters. The third-order valence-corrected chi connectivity index (χ3v) is 4.77. The first-order chi connectivity index (χ1) is 14.2. The van der Waals surface area contributed by atoms with E-state index in [1.807, 2.05) is 35.7 Å². The molecule has 0 spiro atoms. The van der Waals surface area contributed by atoms with Crippen LogP contribution < -0.4 is 9.47 Å². The number of ether oxygens (including phenoxy) is 3. The minimum absolute atomic E-state index is 0.00232. The number of hydrogen-bond acceptors (Lipinski definition) is 7. The summed E-state index contributed by atoms with van der Waals surface area (Å²) in [4.78, 5) is 16.5. The van der Waals surface area contributed by atoms with Crippen LogP contribution in [0.1, 0.15) is 11.3 Å². The minimum atomic E-state index is -0.453. The average molecular weight is 406 g/mol. The van der Waals surface area contributed by atoms with Crippen molar-refractivity contribution in [2.45, 2.75) is 6.61 Å². The van der Waals surface area contributed by atoms with Crippen molar-refractivity contribution in [2.24, 2.45) is 0 Å². The molecule has 0 aliphatic heterocycles. The molecule has 2 aromatic carbocycles. The van der Waals surface area contributed by atoms with E-state index < -0.39 is 5.97 Å². The second-order valence-electron chi connectivity index (χ2n) is 5.83. The van der Waals surface area contributed by atoms with Crippen LogP contribution in [0.25, 0.3) is 16.6 Å². The zero-order chi connectivity index (χ0) is 20.5. The van der Waals surface area contributed by atoms with E-state index in [9.17, 15) is 4.79 Å². The first kappa shape index (κ1) is 20.1. The van der Waals surface area contributed by atoms with E-state index in [-0.39, 0.29) is 13.2 Å². The number of aromatic nitrogens is 1. The molecule has 3 aromatic rings. The predicted molar refractivity (Wildman–Crippen MR) is 110 cm³/mol. The van der Waals surface area contributed by atoms with E-state index in [1.165, 1.54) is 17.4 Å². The molecule has 3 rings (SSSR count). The predicted octanol–water partition coefficient (Wildman–Crippen LogP) is 4.48. The molecule has 0 N–H and O–H groups in total. The summed E-state index contributed by atoms with van der Waals surface area (Å²) >= 11 is 1.48. The molecule has 0 saturated carbocycles. The van der Waals surface area contributed by atoms with Crippen LogP contribution >= 0.6 is 11.3 Å². The summed E-state index contributed by atoms with van der Waals surface area (Å²) < 4.78 is 15.7. The molecular weight excluding hydrogens is 388 g/mol. The molecule has 0 amide bonds. The molecule has 0 bridgehead atoms. The number of esters is 1. The highest BCUT2D eigenvalue weighted by Crippen LogP contribution is 2.27. The van der Waals surface area contributed by atoms with Gasteiger partial charge in [-0.25, -0.2) is 9.78 Å². The summed E-state index contributed by atoms with van der Waals surface area (Å²) in [5.41, 5.74) is 2.46.